The lowest BCUT2D eigenvalue weighted by Crippen LogP contribution is -2.37. The fraction of sp³-hybridized carbons (Fsp3) is 0.280. The second-order valence-corrected chi connectivity index (χ2v) is 10.0. The van der Waals surface area contributed by atoms with Crippen LogP contribution in [0.15, 0.2) is 81.3 Å². The van der Waals surface area contributed by atoms with E-state index in [0.717, 1.165) is 22.6 Å². The highest BCUT2D eigenvalue weighted by Crippen LogP contribution is 2.34. The Labute approximate surface area is 204 Å². The third-order valence-electron chi connectivity index (χ3n) is 6.20. The number of benzene rings is 2. The zero-order valence-corrected chi connectivity index (χ0v) is 20.6. The third-order valence-corrected chi connectivity index (χ3v) is 7.13. The van der Waals surface area contributed by atoms with Crippen molar-refractivity contribution in [3.05, 3.63) is 83.8 Å². The smallest absolute Gasteiger partial charge is 0.257 e. The number of hydrogen-bond donors (Lipinski definition) is 1. The summed E-state index contributed by atoms with van der Waals surface area (Å²) >= 11 is 0. The Morgan fingerprint density at radius 3 is 2.46 bits per heavy atom. The Kier molecular flexibility index (Phi) is 7.06. The van der Waals surface area contributed by atoms with Gasteiger partial charge in [-0.2, -0.15) is 5.10 Å². The van der Waals surface area contributed by atoms with Crippen LogP contribution in [0, 0.1) is 0 Å². The number of carbonyl (C=O) groups excluding carboxylic acids is 1. The maximum atomic E-state index is 13.4. The monoisotopic (exact) mass is 496 g/mol. The van der Waals surface area contributed by atoms with Gasteiger partial charge in [0.25, 0.3) is 5.91 Å². The van der Waals surface area contributed by atoms with Gasteiger partial charge < -0.3 is 9.15 Å². The molecular formula is C25H28N4O5S. The molecule has 0 saturated carbocycles. The van der Waals surface area contributed by atoms with Crippen LogP contribution >= 0.6 is 0 Å². The number of rotatable bonds is 8. The van der Waals surface area contributed by atoms with Crippen molar-refractivity contribution in [1.29, 1.82) is 0 Å². The van der Waals surface area contributed by atoms with Crippen LogP contribution in [0.5, 0.6) is 5.75 Å². The highest BCUT2D eigenvalue weighted by molar-refractivity contribution is 7.89. The van der Waals surface area contributed by atoms with Gasteiger partial charge in [0, 0.05) is 12.5 Å². The Morgan fingerprint density at radius 2 is 1.89 bits per heavy atom. The van der Waals surface area contributed by atoms with E-state index in [9.17, 15) is 13.2 Å². The van der Waals surface area contributed by atoms with Crippen molar-refractivity contribution < 1.29 is 22.4 Å². The second-order valence-electron chi connectivity index (χ2n) is 8.45. The normalized spacial score (nSPS) is 16.9. The summed E-state index contributed by atoms with van der Waals surface area (Å²) in [5, 5.41) is 11.3. The number of furan rings is 1. The Morgan fingerprint density at radius 1 is 1.20 bits per heavy atom. The molecule has 0 aliphatic carbocycles. The molecule has 10 heteroatoms. The summed E-state index contributed by atoms with van der Waals surface area (Å²) in [6, 6.07) is 17.1. The molecule has 4 rings (SSSR count). The molecule has 1 amide bonds. The molecule has 0 saturated heterocycles. The molecule has 9 nitrogen and oxygen atoms in total. The van der Waals surface area contributed by atoms with Crippen molar-refractivity contribution in [2.45, 2.75) is 30.3 Å². The summed E-state index contributed by atoms with van der Waals surface area (Å²) in [6.07, 6.45) is 2.11. The van der Waals surface area contributed by atoms with E-state index in [1.807, 2.05) is 49.2 Å². The summed E-state index contributed by atoms with van der Waals surface area (Å²) in [4.78, 5) is 15.3. The largest absolute Gasteiger partial charge is 0.497 e. The first kappa shape index (κ1) is 24.6. The van der Waals surface area contributed by atoms with Gasteiger partial charge in [-0.1, -0.05) is 12.1 Å². The molecule has 3 aromatic rings. The number of nitrogens with two attached hydrogens (primary N) is 1. The van der Waals surface area contributed by atoms with E-state index in [0.29, 0.717) is 12.2 Å². The summed E-state index contributed by atoms with van der Waals surface area (Å²) in [5.41, 5.74) is 2.56. The average Bonchev–Trinajstić information content (AvgIpc) is 3.53. The highest BCUT2D eigenvalue weighted by Gasteiger charge is 2.35. The molecule has 1 aromatic heterocycles. The van der Waals surface area contributed by atoms with Crippen LogP contribution in [-0.4, -0.2) is 50.6 Å². The molecule has 2 atom stereocenters. The number of hydrogen-bond acceptors (Lipinski definition) is 7. The average molecular weight is 497 g/mol. The van der Waals surface area contributed by atoms with Crippen LogP contribution in [0.4, 0.5) is 0 Å². The second kappa shape index (κ2) is 10.0. The zero-order chi connectivity index (χ0) is 25.2. The fourth-order valence-corrected chi connectivity index (χ4v) is 4.53. The lowest BCUT2D eigenvalue weighted by atomic mass is 10.0. The molecular weight excluding hydrogens is 468 g/mol. The van der Waals surface area contributed by atoms with E-state index in [-0.39, 0.29) is 29.4 Å². The number of primary sulfonamides is 1. The number of sulfonamides is 1. The quantitative estimate of drug-likeness (QED) is 0.511. The van der Waals surface area contributed by atoms with Crippen LogP contribution in [0.25, 0.3) is 0 Å². The van der Waals surface area contributed by atoms with Crippen molar-refractivity contribution in [1.82, 2.24) is 9.91 Å². The lowest BCUT2D eigenvalue weighted by molar-refractivity contribution is -0.134. The third kappa shape index (κ3) is 5.45. The van der Waals surface area contributed by atoms with Gasteiger partial charge in [-0.15, -0.1) is 0 Å². The van der Waals surface area contributed by atoms with Crippen molar-refractivity contribution in [3.8, 4) is 5.75 Å². The van der Waals surface area contributed by atoms with E-state index in [1.165, 1.54) is 17.1 Å². The summed E-state index contributed by atoms with van der Waals surface area (Å²) in [5.74, 6) is 1.24. The Hall–Kier alpha value is -3.47. The van der Waals surface area contributed by atoms with Gasteiger partial charge in [0.15, 0.2) is 0 Å². The first-order valence-electron chi connectivity index (χ1n) is 11.1. The Balaban J connectivity index is 1.52. The van der Waals surface area contributed by atoms with Crippen molar-refractivity contribution in [2.75, 3.05) is 20.7 Å². The molecule has 0 unspecified atom stereocenters. The molecule has 184 valence electrons. The van der Waals surface area contributed by atoms with Crippen LogP contribution in [0.1, 0.15) is 42.3 Å². The van der Waals surface area contributed by atoms with Gasteiger partial charge in [0.2, 0.25) is 10.0 Å². The van der Waals surface area contributed by atoms with Crippen molar-refractivity contribution in [3.63, 3.8) is 0 Å². The van der Waals surface area contributed by atoms with E-state index >= 15 is 0 Å². The SMILES string of the molecule is COc1ccc(C2=NN(C(=O)CN(C)[C@@H](C)c3ccc(S(N)(=O)=O)cc3)[C@H](c3ccco3)C2)cc1. The van der Waals surface area contributed by atoms with Crippen molar-refractivity contribution >= 4 is 21.6 Å². The maximum Gasteiger partial charge on any atom is 0.257 e. The Bertz CT molecular complexity index is 1300. The van der Waals surface area contributed by atoms with Gasteiger partial charge in [0.1, 0.15) is 17.6 Å². The van der Waals surface area contributed by atoms with E-state index in [2.05, 4.69) is 5.10 Å². The minimum atomic E-state index is -3.76. The molecule has 2 N–H and O–H groups in total. The fourth-order valence-electron chi connectivity index (χ4n) is 4.01. The highest BCUT2D eigenvalue weighted by atomic mass is 32.2. The number of likely N-dealkylation sites (N-methyl/N-ethyl adjacent to an activating group) is 1. The summed E-state index contributed by atoms with van der Waals surface area (Å²) in [6.45, 7) is 2.05. The molecule has 0 spiro atoms. The van der Waals surface area contributed by atoms with Crippen LogP contribution in [0.3, 0.4) is 0 Å². The first-order valence-corrected chi connectivity index (χ1v) is 12.6. The van der Waals surface area contributed by atoms with Crippen LogP contribution < -0.4 is 9.88 Å². The molecule has 0 bridgehead atoms. The minimum absolute atomic E-state index is 0.0472. The number of methoxy groups -OCH3 is 1. The number of nitrogens with zero attached hydrogens (tertiary/aromatic N) is 3. The van der Waals surface area contributed by atoms with E-state index in [4.69, 9.17) is 14.3 Å². The molecule has 2 aromatic carbocycles. The first-order chi connectivity index (χ1) is 16.7. The predicted octanol–water partition coefficient (Wildman–Crippen LogP) is 3.31. The van der Waals surface area contributed by atoms with Gasteiger partial charge in [-0.3, -0.25) is 9.69 Å². The number of hydrazone groups is 1. The number of carbonyl (C=O) groups is 1. The van der Waals surface area contributed by atoms with Gasteiger partial charge >= 0.3 is 0 Å². The molecule has 0 fully saturated rings. The lowest BCUT2D eigenvalue weighted by Gasteiger charge is -2.27. The molecule has 35 heavy (non-hydrogen) atoms. The van der Waals surface area contributed by atoms with E-state index < -0.39 is 10.0 Å². The predicted molar refractivity (Wildman–Crippen MR) is 131 cm³/mol. The standard InChI is InChI=1S/C25H28N4O5S/c1-17(18-8-12-21(13-9-18)35(26,31)32)28(2)16-25(30)29-23(24-5-4-14-34-24)15-22(27-29)19-6-10-20(33-3)11-7-19/h4-14,17,23H,15-16H2,1-3H3,(H2,26,31,32)/t17-,23-/m0/s1. The molecule has 0 radical (unpaired) electrons. The summed E-state index contributed by atoms with van der Waals surface area (Å²) in [7, 11) is -0.312. The topological polar surface area (TPSA) is 118 Å². The number of ether oxygens (including phenoxy) is 1. The van der Waals surface area contributed by atoms with E-state index in [1.54, 1.807) is 31.6 Å². The minimum Gasteiger partial charge on any atom is -0.497 e. The van der Waals surface area contributed by atoms with Gasteiger partial charge in [0.05, 0.1) is 30.5 Å². The van der Waals surface area contributed by atoms with Crippen molar-refractivity contribution in [2.24, 2.45) is 10.2 Å². The number of amides is 1. The zero-order valence-electron chi connectivity index (χ0n) is 19.8. The molecule has 1 aliphatic rings. The van der Waals surface area contributed by atoms with Gasteiger partial charge in [-0.05, 0) is 73.6 Å². The van der Waals surface area contributed by atoms with Crippen LogP contribution in [0.2, 0.25) is 0 Å². The summed E-state index contributed by atoms with van der Waals surface area (Å²) < 4.78 is 33.9. The molecule has 1 aliphatic heterocycles. The molecule has 2 heterocycles. The maximum absolute atomic E-state index is 13.4. The van der Waals surface area contributed by atoms with Gasteiger partial charge in [-0.25, -0.2) is 18.6 Å². The van der Waals surface area contributed by atoms with Crippen LogP contribution in [-0.2, 0) is 14.8 Å².